The Bertz CT molecular complexity index is 471. The number of piperidine rings is 1. The number of nitrogens with zero attached hydrogens (tertiary/aromatic N) is 5. The number of hydrogen-bond donors (Lipinski definition) is 0. The molecule has 1 aromatic heterocycles. The second kappa shape index (κ2) is 7.58. The Morgan fingerprint density at radius 1 is 1.00 bits per heavy atom. The first-order valence-electron chi connectivity index (χ1n) is 9.12. The molecule has 0 spiro atoms. The van der Waals surface area contributed by atoms with Crippen LogP contribution in [-0.4, -0.2) is 71.6 Å². The van der Waals surface area contributed by atoms with Crippen molar-refractivity contribution in [3.63, 3.8) is 0 Å². The standard InChI is InChI=1S/C18H31N5/c1-15(2)22-6-4-17(5-7-22)14-21-8-10-23(11-9-21)18-13-19-16(3)12-20-18/h12-13,15,17H,4-11,14H2,1-3H3. The van der Waals surface area contributed by atoms with Crippen molar-refractivity contribution >= 4 is 5.82 Å². The number of aryl methyl sites for hydroxylation is 1. The van der Waals surface area contributed by atoms with Gasteiger partial charge in [-0.15, -0.1) is 0 Å². The highest BCUT2D eigenvalue weighted by molar-refractivity contribution is 5.36. The third-order valence-electron chi connectivity index (χ3n) is 5.36. The van der Waals surface area contributed by atoms with Crippen molar-refractivity contribution in [1.82, 2.24) is 19.8 Å². The van der Waals surface area contributed by atoms with Gasteiger partial charge in [-0.1, -0.05) is 0 Å². The van der Waals surface area contributed by atoms with Crippen LogP contribution < -0.4 is 4.90 Å². The van der Waals surface area contributed by atoms with Crippen LogP contribution in [0.15, 0.2) is 12.4 Å². The quantitative estimate of drug-likeness (QED) is 0.849. The van der Waals surface area contributed by atoms with E-state index in [2.05, 4.69) is 38.5 Å². The average molecular weight is 317 g/mol. The zero-order chi connectivity index (χ0) is 16.2. The number of anilines is 1. The Morgan fingerprint density at radius 3 is 2.26 bits per heavy atom. The fourth-order valence-corrected chi connectivity index (χ4v) is 3.73. The summed E-state index contributed by atoms with van der Waals surface area (Å²) in [5.41, 5.74) is 0.986. The molecule has 2 saturated heterocycles. The lowest BCUT2D eigenvalue weighted by atomic mass is 9.95. The van der Waals surface area contributed by atoms with Gasteiger partial charge in [0.25, 0.3) is 0 Å². The predicted molar refractivity (Wildman–Crippen MR) is 94.9 cm³/mol. The largest absolute Gasteiger partial charge is 0.353 e. The Morgan fingerprint density at radius 2 is 1.70 bits per heavy atom. The van der Waals surface area contributed by atoms with E-state index >= 15 is 0 Å². The molecule has 0 bridgehead atoms. The van der Waals surface area contributed by atoms with E-state index in [1.165, 1.54) is 32.5 Å². The summed E-state index contributed by atoms with van der Waals surface area (Å²) >= 11 is 0. The maximum Gasteiger partial charge on any atom is 0.147 e. The lowest BCUT2D eigenvalue weighted by molar-refractivity contribution is 0.119. The van der Waals surface area contributed by atoms with Crippen molar-refractivity contribution < 1.29 is 0 Å². The number of hydrogen-bond acceptors (Lipinski definition) is 5. The van der Waals surface area contributed by atoms with E-state index < -0.39 is 0 Å². The second-order valence-corrected chi connectivity index (χ2v) is 7.38. The first-order valence-corrected chi connectivity index (χ1v) is 9.12. The normalized spacial score (nSPS) is 22.0. The third kappa shape index (κ3) is 4.42. The van der Waals surface area contributed by atoms with E-state index in [0.717, 1.165) is 43.6 Å². The molecule has 1 aromatic rings. The summed E-state index contributed by atoms with van der Waals surface area (Å²) < 4.78 is 0. The number of aromatic nitrogens is 2. The van der Waals surface area contributed by atoms with Gasteiger partial charge in [-0.25, -0.2) is 4.98 Å². The molecule has 3 heterocycles. The van der Waals surface area contributed by atoms with Crippen LogP contribution in [-0.2, 0) is 0 Å². The number of likely N-dealkylation sites (tertiary alicyclic amines) is 1. The topological polar surface area (TPSA) is 35.5 Å². The second-order valence-electron chi connectivity index (χ2n) is 7.38. The highest BCUT2D eigenvalue weighted by atomic mass is 15.3. The minimum Gasteiger partial charge on any atom is -0.353 e. The molecule has 3 rings (SSSR count). The summed E-state index contributed by atoms with van der Waals surface area (Å²) in [7, 11) is 0. The Balaban J connectivity index is 1.42. The van der Waals surface area contributed by atoms with Crippen molar-refractivity contribution in [1.29, 1.82) is 0 Å². The van der Waals surface area contributed by atoms with Crippen molar-refractivity contribution in [2.24, 2.45) is 5.92 Å². The molecule has 5 heteroatoms. The van der Waals surface area contributed by atoms with Gasteiger partial charge >= 0.3 is 0 Å². The molecule has 0 aromatic carbocycles. The minimum atomic E-state index is 0.704. The van der Waals surface area contributed by atoms with Gasteiger partial charge in [0.2, 0.25) is 0 Å². The van der Waals surface area contributed by atoms with Gasteiger partial charge in [-0.05, 0) is 52.6 Å². The number of piperazine rings is 1. The van der Waals surface area contributed by atoms with Gasteiger partial charge in [0.05, 0.1) is 18.1 Å². The molecule has 0 unspecified atom stereocenters. The van der Waals surface area contributed by atoms with E-state index in [0.29, 0.717) is 6.04 Å². The molecule has 2 aliphatic rings. The predicted octanol–water partition coefficient (Wildman–Crippen LogP) is 2.03. The van der Waals surface area contributed by atoms with Crippen molar-refractivity contribution in [2.75, 3.05) is 50.7 Å². The van der Waals surface area contributed by atoms with Crippen molar-refractivity contribution in [2.45, 2.75) is 39.7 Å². The van der Waals surface area contributed by atoms with Crippen LogP contribution >= 0.6 is 0 Å². The molecule has 5 nitrogen and oxygen atoms in total. The van der Waals surface area contributed by atoms with Crippen LogP contribution in [0.25, 0.3) is 0 Å². The molecule has 0 N–H and O–H groups in total. The number of rotatable bonds is 4. The molecule has 0 saturated carbocycles. The maximum atomic E-state index is 4.51. The summed E-state index contributed by atoms with van der Waals surface area (Å²) in [6.45, 7) is 14.9. The van der Waals surface area contributed by atoms with Crippen LogP contribution in [0.4, 0.5) is 5.82 Å². The molecular formula is C18H31N5. The van der Waals surface area contributed by atoms with E-state index in [9.17, 15) is 0 Å². The van der Waals surface area contributed by atoms with E-state index in [-0.39, 0.29) is 0 Å². The van der Waals surface area contributed by atoms with Gasteiger partial charge in [0.1, 0.15) is 5.82 Å². The molecule has 2 aliphatic heterocycles. The molecule has 0 aliphatic carbocycles. The Kier molecular flexibility index (Phi) is 5.49. The van der Waals surface area contributed by atoms with Crippen LogP contribution in [0.2, 0.25) is 0 Å². The summed E-state index contributed by atoms with van der Waals surface area (Å²) in [6, 6.07) is 0.704. The lowest BCUT2D eigenvalue weighted by Gasteiger charge is -2.40. The third-order valence-corrected chi connectivity index (χ3v) is 5.36. The van der Waals surface area contributed by atoms with Gasteiger partial charge in [-0.2, -0.15) is 0 Å². The molecule has 0 amide bonds. The van der Waals surface area contributed by atoms with E-state index in [1.54, 1.807) is 0 Å². The summed E-state index contributed by atoms with van der Waals surface area (Å²) in [4.78, 5) is 16.5. The minimum absolute atomic E-state index is 0.704. The van der Waals surface area contributed by atoms with Crippen molar-refractivity contribution in [3.05, 3.63) is 18.1 Å². The zero-order valence-corrected chi connectivity index (χ0v) is 14.9. The zero-order valence-electron chi connectivity index (χ0n) is 14.9. The van der Waals surface area contributed by atoms with Crippen LogP contribution in [0.5, 0.6) is 0 Å². The van der Waals surface area contributed by atoms with Crippen LogP contribution in [0.1, 0.15) is 32.4 Å². The highest BCUT2D eigenvalue weighted by Gasteiger charge is 2.25. The van der Waals surface area contributed by atoms with E-state index in [1.807, 2.05) is 19.3 Å². The molecule has 128 valence electrons. The fraction of sp³-hybridized carbons (Fsp3) is 0.778. The Hall–Kier alpha value is -1.20. The monoisotopic (exact) mass is 317 g/mol. The van der Waals surface area contributed by atoms with Gasteiger partial charge in [0.15, 0.2) is 0 Å². The smallest absolute Gasteiger partial charge is 0.147 e. The van der Waals surface area contributed by atoms with Gasteiger partial charge in [-0.3, -0.25) is 9.88 Å². The first kappa shape index (κ1) is 16.7. The SMILES string of the molecule is Cc1cnc(N2CCN(CC3CCN(C(C)C)CC3)CC2)cn1. The summed E-state index contributed by atoms with van der Waals surface area (Å²) in [5.74, 6) is 1.91. The molecular weight excluding hydrogens is 286 g/mol. The molecule has 2 fully saturated rings. The molecule has 23 heavy (non-hydrogen) atoms. The molecule has 0 radical (unpaired) electrons. The summed E-state index contributed by atoms with van der Waals surface area (Å²) in [6.07, 6.45) is 6.50. The summed E-state index contributed by atoms with van der Waals surface area (Å²) in [5, 5.41) is 0. The van der Waals surface area contributed by atoms with Crippen LogP contribution in [0.3, 0.4) is 0 Å². The highest BCUT2D eigenvalue weighted by Crippen LogP contribution is 2.21. The van der Waals surface area contributed by atoms with Crippen molar-refractivity contribution in [3.8, 4) is 0 Å². The Labute approximate surface area is 140 Å². The average Bonchev–Trinajstić information content (AvgIpc) is 2.57. The first-order chi connectivity index (χ1) is 11.1. The van der Waals surface area contributed by atoms with Gasteiger partial charge in [0, 0.05) is 38.8 Å². The van der Waals surface area contributed by atoms with Crippen LogP contribution in [0, 0.1) is 12.8 Å². The fourth-order valence-electron chi connectivity index (χ4n) is 3.73. The van der Waals surface area contributed by atoms with E-state index in [4.69, 9.17) is 0 Å². The van der Waals surface area contributed by atoms with Gasteiger partial charge < -0.3 is 9.80 Å². The molecule has 0 atom stereocenters. The maximum absolute atomic E-state index is 4.51. The lowest BCUT2D eigenvalue weighted by Crippen LogP contribution is -2.49.